The van der Waals surface area contributed by atoms with Crippen molar-refractivity contribution < 1.29 is 0 Å². The van der Waals surface area contributed by atoms with Crippen molar-refractivity contribution in [3.8, 4) is 0 Å². The second kappa shape index (κ2) is 5.29. The molecule has 0 spiro atoms. The number of anilines is 1. The van der Waals surface area contributed by atoms with Gasteiger partial charge in [-0.2, -0.15) is 0 Å². The fraction of sp³-hybridized carbons (Fsp3) is 0.333. The predicted octanol–water partition coefficient (Wildman–Crippen LogP) is 4.05. The van der Waals surface area contributed by atoms with Crippen molar-refractivity contribution in [3.63, 3.8) is 0 Å². The third kappa shape index (κ3) is 2.95. The molecular formula is C15H16BrN3. The molecule has 98 valence electrons. The Balaban J connectivity index is 1.82. The lowest BCUT2D eigenvalue weighted by Crippen LogP contribution is -2.15. The summed E-state index contributed by atoms with van der Waals surface area (Å²) >= 11 is 3.35. The monoisotopic (exact) mass is 317 g/mol. The standard InChI is InChI=1S/C15H16BrN3/c1-10-7-13(10)14(11-5-3-2-4-6-11)19-15-17-8-12(16)9-18-15/h2-6,8-10,13-14H,7H2,1H3,(H,17,18,19). The van der Waals surface area contributed by atoms with Crippen LogP contribution in [0.3, 0.4) is 0 Å². The van der Waals surface area contributed by atoms with E-state index in [0.717, 1.165) is 10.4 Å². The molecule has 19 heavy (non-hydrogen) atoms. The highest BCUT2D eigenvalue weighted by atomic mass is 79.9. The smallest absolute Gasteiger partial charge is 0.223 e. The number of benzene rings is 1. The minimum Gasteiger partial charge on any atom is -0.347 e. The number of nitrogens with one attached hydrogen (secondary N) is 1. The van der Waals surface area contributed by atoms with E-state index in [0.29, 0.717) is 17.9 Å². The van der Waals surface area contributed by atoms with Gasteiger partial charge in [-0.25, -0.2) is 9.97 Å². The molecule has 1 N–H and O–H groups in total. The Morgan fingerprint density at radius 1 is 1.21 bits per heavy atom. The van der Waals surface area contributed by atoms with Crippen LogP contribution in [0.4, 0.5) is 5.95 Å². The highest BCUT2D eigenvalue weighted by Crippen LogP contribution is 2.47. The molecule has 4 heteroatoms. The zero-order valence-electron chi connectivity index (χ0n) is 10.8. The molecule has 0 radical (unpaired) electrons. The lowest BCUT2D eigenvalue weighted by atomic mass is 10.0. The molecule has 0 bridgehead atoms. The average molecular weight is 318 g/mol. The molecule has 3 unspecified atom stereocenters. The van der Waals surface area contributed by atoms with Gasteiger partial charge in [0.25, 0.3) is 0 Å². The highest BCUT2D eigenvalue weighted by Gasteiger charge is 2.40. The van der Waals surface area contributed by atoms with Crippen LogP contribution < -0.4 is 5.32 Å². The lowest BCUT2D eigenvalue weighted by Gasteiger charge is -2.19. The van der Waals surface area contributed by atoms with Crippen LogP contribution in [0, 0.1) is 11.8 Å². The van der Waals surface area contributed by atoms with E-state index < -0.39 is 0 Å². The number of aromatic nitrogens is 2. The molecule has 0 saturated heterocycles. The summed E-state index contributed by atoms with van der Waals surface area (Å²) in [5.41, 5.74) is 1.31. The summed E-state index contributed by atoms with van der Waals surface area (Å²) in [7, 11) is 0. The van der Waals surface area contributed by atoms with Crippen LogP contribution in [0.25, 0.3) is 0 Å². The first-order chi connectivity index (χ1) is 9.24. The number of rotatable bonds is 4. The van der Waals surface area contributed by atoms with Crippen molar-refractivity contribution in [2.75, 3.05) is 5.32 Å². The Hall–Kier alpha value is -1.42. The quantitative estimate of drug-likeness (QED) is 0.924. The molecular weight excluding hydrogens is 302 g/mol. The molecule has 2 aromatic rings. The van der Waals surface area contributed by atoms with E-state index in [9.17, 15) is 0 Å². The number of halogens is 1. The van der Waals surface area contributed by atoms with Crippen molar-refractivity contribution in [2.45, 2.75) is 19.4 Å². The Kier molecular flexibility index (Phi) is 3.51. The summed E-state index contributed by atoms with van der Waals surface area (Å²) in [6.45, 7) is 2.30. The van der Waals surface area contributed by atoms with Gasteiger partial charge >= 0.3 is 0 Å². The maximum absolute atomic E-state index is 4.31. The minimum atomic E-state index is 0.303. The van der Waals surface area contributed by atoms with Crippen LogP contribution in [0.1, 0.15) is 24.9 Å². The van der Waals surface area contributed by atoms with Crippen LogP contribution >= 0.6 is 15.9 Å². The molecule has 1 aliphatic carbocycles. The summed E-state index contributed by atoms with van der Waals surface area (Å²) in [6, 6.07) is 10.9. The number of hydrogen-bond donors (Lipinski definition) is 1. The van der Waals surface area contributed by atoms with Crippen LogP contribution in [-0.2, 0) is 0 Å². The zero-order chi connectivity index (χ0) is 13.2. The van der Waals surface area contributed by atoms with E-state index in [-0.39, 0.29) is 0 Å². The number of nitrogens with zero attached hydrogens (tertiary/aromatic N) is 2. The van der Waals surface area contributed by atoms with Gasteiger partial charge in [0.05, 0.1) is 10.5 Å². The maximum Gasteiger partial charge on any atom is 0.223 e. The third-order valence-electron chi connectivity index (χ3n) is 3.66. The molecule has 0 amide bonds. The van der Waals surface area contributed by atoms with Gasteiger partial charge in [0.15, 0.2) is 0 Å². The molecule has 1 aromatic heterocycles. The van der Waals surface area contributed by atoms with Gasteiger partial charge in [-0.05, 0) is 39.8 Å². The molecule has 0 aliphatic heterocycles. The first-order valence-electron chi connectivity index (χ1n) is 6.53. The average Bonchev–Trinajstić information content (AvgIpc) is 3.16. The van der Waals surface area contributed by atoms with Crippen LogP contribution in [0.15, 0.2) is 47.2 Å². The predicted molar refractivity (Wildman–Crippen MR) is 79.8 cm³/mol. The second-order valence-corrected chi connectivity index (χ2v) is 6.05. The fourth-order valence-electron chi connectivity index (χ4n) is 2.44. The lowest BCUT2D eigenvalue weighted by molar-refractivity contribution is 0.626. The largest absolute Gasteiger partial charge is 0.347 e. The molecule has 3 atom stereocenters. The van der Waals surface area contributed by atoms with E-state index in [1.807, 2.05) is 6.07 Å². The molecule has 3 rings (SSSR count). The fourth-order valence-corrected chi connectivity index (χ4v) is 2.64. The van der Waals surface area contributed by atoms with Crippen molar-refractivity contribution >= 4 is 21.9 Å². The van der Waals surface area contributed by atoms with Gasteiger partial charge in [-0.3, -0.25) is 0 Å². The van der Waals surface area contributed by atoms with Gasteiger partial charge in [0.2, 0.25) is 5.95 Å². The molecule has 1 fully saturated rings. The van der Waals surface area contributed by atoms with Gasteiger partial charge in [0.1, 0.15) is 0 Å². The van der Waals surface area contributed by atoms with Gasteiger partial charge in [-0.1, -0.05) is 37.3 Å². The van der Waals surface area contributed by atoms with Crippen LogP contribution in [0.2, 0.25) is 0 Å². The Morgan fingerprint density at radius 2 is 1.84 bits per heavy atom. The second-order valence-electron chi connectivity index (χ2n) is 5.13. The third-order valence-corrected chi connectivity index (χ3v) is 4.07. The normalized spacial score (nSPS) is 22.8. The first kappa shape index (κ1) is 12.6. The van der Waals surface area contributed by atoms with Crippen molar-refractivity contribution in [1.29, 1.82) is 0 Å². The van der Waals surface area contributed by atoms with Crippen LogP contribution in [-0.4, -0.2) is 9.97 Å². The van der Waals surface area contributed by atoms with E-state index in [1.54, 1.807) is 12.4 Å². The van der Waals surface area contributed by atoms with E-state index >= 15 is 0 Å². The molecule has 1 aliphatic rings. The molecule has 3 nitrogen and oxygen atoms in total. The summed E-state index contributed by atoms with van der Waals surface area (Å²) in [4.78, 5) is 8.62. The summed E-state index contributed by atoms with van der Waals surface area (Å²) in [5.74, 6) is 2.14. The Labute approximate surface area is 121 Å². The summed E-state index contributed by atoms with van der Waals surface area (Å²) in [5, 5.41) is 3.47. The van der Waals surface area contributed by atoms with E-state index in [2.05, 4.69) is 62.4 Å². The van der Waals surface area contributed by atoms with Gasteiger partial charge in [0, 0.05) is 12.4 Å². The Bertz CT molecular complexity index is 541. The minimum absolute atomic E-state index is 0.303. The molecule has 1 heterocycles. The van der Waals surface area contributed by atoms with Gasteiger partial charge < -0.3 is 5.32 Å². The topological polar surface area (TPSA) is 37.8 Å². The summed E-state index contributed by atoms with van der Waals surface area (Å²) in [6.07, 6.45) is 4.81. The Morgan fingerprint density at radius 3 is 2.42 bits per heavy atom. The maximum atomic E-state index is 4.31. The summed E-state index contributed by atoms with van der Waals surface area (Å²) < 4.78 is 0.897. The van der Waals surface area contributed by atoms with E-state index in [4.69, 9.17) is 0 Å². The zero-order valence-corrected chi connectivity index (χ0v) is 12.3. The van der Waals surface area contributed by atoms with Crippen molar-refractivity contribution in [2.24, 2.45) is 11.8 Å². The van der Waals surface area contributed by atoms with Gasteiger partial charge in [-0.15, -0.1) is 0 Å². The van der Waals surface area contributed by atoms with Crippen LogP contribution in [0.5, 0.6) is 0 Å². The first-order valence-corrected chi connectivity index (χ1v) is 7.32. The van der Waals surface area contributed by atoms with Crippen molar-refractivity contribution in [1.82, 2.24) is 9.97 Å². The molecule has 1 aromatic carbocycles. The highest BCUT2D eigenvalue weighted by molar-refractivity contribution is 9.10. The molecule has 1 saturated carbocycles. The SMILES string of the molecule is CC1CC1C(Nc1ncc(Br)cn1)c1ccccc1. The number of hydrogen-bond acceptors (Lipinski definition) is 3. The van der Waals surface area contributed by atoms with E-state index in [1.165, 1.54) is 12.0 Å². The van der Waals surface area contributed by atoms with Crippen molar-refractivity contribution in [3.05, 3.63) is 52.8 Å².